The maximum absolute atomic E-state index is 12.6. The van der Waals surface area contributed by atoms with Gasteiger partial charge in [-0.05, 0) is 36.5 Å². The third kappa shape index (κ3) is 4.39. The van der Waals surface area contributed by atoms with Crippen molar-refractivity contribution in [2.75, 3.05) is 26.3 Å². The van der Waals surface area contributed by atoms with Gasteiger partial charge < -0.3 is 10.1 Å². The largest absolute Gasteiger partial charge is 0.381 e. The number of pyridine rings is 1. The molecular formula is C21H27N3O2S. The van der Waals surface area contributed by atoms with Crippen LogP contribution in [0, 0.1) is 5.92 Å². The summed E-state index contributed by atoms with van der Waals surface area (Å²) in [6.07, 6.45) is 4.98. The van der Waals surface area contributed by atoms with Crippen molar-refractivity contribution in [2.24, 2.45) is 5.92 Å². The normalized spacial score (nSPS) is 19.8. The fourth-order valence-corrected chi connectivity index (χ4v) is 4.89. The average molecular weight is 386 g/mol. The van der Waals surface area contributed by atoms with E-state index in [2.05, 4.69) is 34.3 Å². The Morgan fingerprint density at radius 3 is 3.11 bits per heavy atom. The van der Waals surface area contributed by atoms with Crippen molar-refractivity contribution in [3.8, 4) is 0 Å². The monoisotopic (exact) mass is 385 g/mol. The van der Waals surface area contributed by atoms with Crippen LogP contribution in [0.15, 0.2) is 23.7 Å². The highest BCUT2D eigenvalue weighted by Gasteiger charge is 2.25. The van der Waals surface area contributed by atoms with Crippen LogP contribution in [0.4, 0.5) is 0 Å². The molecule has 1 fully saturated rings. The van der Waals surface area contributed by atoms with Crippen LogP contribution in [0.25, 0.3) is 0 Å². The van der Waals surface area contributed by atoms with E-state index in [-0.39, 0.29) is 5.91 Å². The second kappa shape index (κ2) is 8.50. The number of hydrogen-bond acceptors (Lipinski definition) is 5. The van der Waals surface area contributed by atoms with Gasteiger partial charge in [-0.1, -0.05) is 13.0 Å². The molecule has 4 heterocycles. The predicted molar refractivity (Wildman–Crippen MR) is 107 cm³/mol. The zero-order chi connectivity index (χ0) is 18.6. The van der Waals surface area contributed by atoms with Crippen LogP contribution < -0.4 is 5.32 Å². The molecule has 2 aliphatic heterocycles. The van der Waals surface area contributed by atoms with Crippen LogP contribution >= 0.6 is 11.3 Å². The molecule has 1 saturated heterocycles. The molecule has 6 heteroatoms. The van der Waals surface area contributed by atoms with Crippen LogP contribution in [0.1, 0.15) is 45.4 Å². The molecule has 0 aliphatic carbocycles. The Morgan fingerprint density at radius 2 is 2.37 bits per heavy atom. The van der Waals surface area contributed by atoms with Gasteiger partial charge in [0.1, 0.15) is 0 Å². The zero-order valence-corrected chi connectivity index (χ0v) is 16.7. The molecule has 4 rings (SSSR count). The van der Waals surface area contributed by atoms with Crippen LogP contribution in [0.2, 0.25) is 0 Å². The van der Waals surface area contributed by atoms with Gasteiger partial charge in [0, 0.05) is 55.2 Å². The average Bonchev–Trinajstić information content (AvgIpc) is 3.36. The van der Waals surface area contributed by atoms with E-state index in [0.29, 0.717) is 5.92 Å². The minimum Gasteiger partial charge on any atom is -0.381 e. The molecule has 0 spiro atoms. The van der Waals surface area contributed by atoms with E-state index >= 15 is 0 Å². The minimum atomic E-state index is 0.0738. The number of nitrogens with one attached hydrogen (secondary N) is 1. The molecular weight excluding hydrogens is 358 g/mol. The first-order chi connectivity index (χ1) is 13.2. The molecule has 1 atom stereocenters. The third-order valence-electron chi connectivity index (χ3n) is 5.53. The number of nitrogens with zero attached hydrogens (tertiary/aromatic N) is 2. The van der Waals surface area contributed by atoms with E-state index in [0.717, 1.165) is 69.9 Å². The van der Waals surface area contributed by atoms with E-state index in [1.54, 1.807) is 11.3 Å². The van der Waals surface area contributed by atoms with Gasteiger partial charge in [-0.25, -0.2) is 0 Å². The van der Waals surface area contributed by atoms with E-state index in [1.807, 2.05) is 11.6 Å². The Labute approximate surface area is 164 Å². The van der Waals surface area contributed by atoms with E-state index in [9.17, 15) is 4.79 Å². The Balaban J connectivity index is 1.35. The Bertz CT molecular complexity index is 781. The molecule has 0 radical (unpaired) electrons. The lowest BCUT2D eigenvalue weighted by molar-refractivity contribution is 0.0943. The molecule has 2 aliphatic rings. The lowest BCUT2D eigenvalue weighted by atomic mass is 10.0. The summed E-state index contributed by atoms with van der Waals surface area (Å²) in [6.45, 7) is 7.19. The Hall–Kier alpha value is -1.76. The van der Waals surface area contributed by atoms with Crippen molar-refractivity contribution in [2.45, 2.75) is 39.3 Å². The first-order valence-electron chi connectivity index (χ1n) is 9.84. The van der Waals surface area contributed by atoms with Crippen molar-refractivity contribution in [1.29, 1.82) is 0 Å². The van der Waals surface area contributed by atoms with Gasteiger partial charge in [0.05, 0.1) is 17.9 Å². The van der Waals surface area contributed by atoms with Crippen LogP contribution in [0.3, 0.4) is 0 Å². The zero-order valence-electron chi connectivity index (χ0n) is 15.9. The number of carbonyl (C=O) groups excluding carboxylic acids is 1. The van der Waals surface area contributed by atoms with E-state index < -0.39 is 0 Å². The van der Waals surface area contributed by atoms with Gasteiger partial charge in [-0.3, -0.25) is 14.7 Å². The standard InChI is InChI=1S/C21H27N3O2S/c1-2-15-3-4-17(22-9-15)11-24-7-5-18-19(14-27-20(18)12-24)21(25)23-10-16-6-8-26-13-16/h3-4,9,14,16H,2,5-8,10-13H2,1H3,(H,23,25)/t16-/m1/s1. The molecule has 2 aromatic heterocycles. The summed E-state index contributed by atoms with van der Waals surface area (Å²) in [7, 11) is 0. The number of amides is 1. The highest BCUT2D eigenvalue weighted by molar-refractivity contribution is 7.10. The fraction of sp³-hybridized carbons (Fsp3) is 0.524. The number of carbonyl (C=O) groups is 1. The second-order valence-corrected chi connectivity index (χ2v) is 8.43. The summed E-state index contributed by atoms with van der Waals surface area (Å²) < 4.78 is 5.38. The predicted octanol–water partition coefficient (Wildman–Crippen LogP) is 3.03. The topological polar surface area (TPSA) is 54.5 Å². The molecule has 0 bridgehead atoms. The van der Waals surface area contributed by atoms with Crippen molar-refractivity contribution in [3.05, 3.63) is 51.0 Å². The third-order valence-corrected chi connectivity index (χ3v) is 6.54. The summed E-state index contributed by atoms with van der Waals surface area (Å²) in [4.78, 5) is 20.9. The molecule has 0 aromatic carbocycles. The van der Waals surface area contributed by atoms with Gasteiger partial charge in [0.15, 0.2) is 0 Å². The highest BCUT2D eigenvalue weighted by Crippen LogP contribution is 2.29. The number of thiophene rings is 1. The molecule has 1 amide bonds. The molecule has 0 saturated carbocycles. The van der Waals surface area contributed by atoms with Gasteiger partial charge >= 0.3 is 0 Å². The van der Waals surface area contributed by atoms with Crippen LogP contribution in [-0.4, -0.2) is 42.1 Å². The molecule has 0 unspecified atom stereocenters. The van der Waals surface area contributed by atoms with Crippen LogP contribution in [-0.2, 0) is 30.7 Å². The lowest BCUT2D eigenvalue weighted by Gasteiger charge is -2.27. The molecule has 27 heavy (non-hydrogen) atoms. The first kappa shape index (κ1) is 18.6. The number of aryl methyl sites for hydroxylation is 1. The quantitative estimate of drug-likeness (QED) is 0.830. The van der Waals surface area contributed by atoms with Gasteiger partial charge in [-0.15, -0.1) is 11.3 Å². The number of aromatic nitrogens is 1. The molecule has 2 aromatic rings. The van der Waals surface area contributed by atoms with Crippen molar-refractivity contribution in [1.82, 2.24) is 15.2 Å². The van der Waals surface area contributed by atoms with E-state index in [4.69, 9.17) is 4.74 Å². The summed E-state index contributed by atoms with van der Waals surface area (Å²) >= 11 is 1.71. The molecule has 5 nitrogen and oxygen atoms in total. The number of hydrogen-bond donors (Lipinski definition) is 1. The van der Waals surface area contributed by atoms with E-state index in [1.165, 1.54) is 16.0 Å². The first-order valence-corrected chi connectivity index (χ1v) is 10.7. The summed E-state index contributed by atoms with van der Waals surface area (Å²) in [6, 6.07) is 4.30. The summed E-state index contributed by atoms with van der Waals surface area (Å²) in [5.74, 6) is 0.537. The van der Waals surface area contributed by atoms with Crippen molar-refractivity contribution < 1.29 is 9.53 Å². The number of fused-ring (bicyclic) bond motifs is 1. The number of rotatable bonds is 6. The highest BCUT2D eigenvalue weighted by atomic mass is 32.1. The van der Waals surface area contributed by atoms with Gasteiger partial charge in [-0.2, -0.15) is 0 Å². The van der Waals surface area contributed by atoms with Gasteiger partial charge in [0.2, 0.25) is 0 Å². The summed E-state index contributed by atoms with van der Waals surface area (Å²) in [5, 5.41) is 5.13. The SMILES string of the molecule is CCc1ccc(CN2CCc3c(C(=O)NC[C@H]4CCOC4)csc3C2)nc1. The van der Waals surface area contributed by atoms with Gasteiger partial charge in [0.25, 0.3) is 5.91 Å². The molecule has 144 valence electrons. The Morgan fingerprint density at radius 1 is 1.44 bits per heavy atom. The summed E-state index contributed by atoms with van der Waals surface area (Å²) in [5.41, 5.74) is 4.51. The smallest absolute Gasteiger partial charge is 0.252 e. The second-order valence-electron chi connectivity index (χ2n) is 7.46. The minimum absolute atomic E-state index is 0.0738. The van der Waals surface area contributed by atoms with Crippen molar-refractivity contribution in [3.63, 3.8) is 0 Å². The molecule has 1 N–H and O–H groups in total. The number of ether oxygens (including phenoxy) is 1. The maximum atomic E-state index is 12.6. The lowest BCUT2D eigenvalue weighted by Crippen LogP contribution is -2.32. The fourth-order valence-electron chi connectivity index (χ4n) is 3.77. The maximum Gasteiger partial charge on any atom is 0.252 e. The Kier molecular flexibility index (Phi) is 5.86. The van der Waals surface area contributed by atoms with Crippen LogP contribution in [0.5, 0.6) is 0 Å². The van der Waals surface area contributed by atoms with Crippen molar-refractivity contribution >= 4 is 17.2 Å².